The predicted octanol–water partition coefficient (Wildman–Crippen LogP) is 4.35. The summed E-state index contributed by atoms with van der Waals surface area (Å²) in [4.78, 5) is 32.3. The SMILES string of the molecule is CC(C)NC(=O)[C@]1(Cc2cccc(-c3ccccc3)c2)CCN(C(=O)c2ccccn2)C1. The van der Waals surface area contributed by atoms with Gasteiger partial charge in [0.25, 0.3) is 5.91 Å². The Labute approximate surface area is 189 Å². The van der Waals surface area contributed by atoms with Crippen LogP contribution in [0.2, 0.25) is 0 Å². The number of benzene rings is 2. The van der Waals surface area contributed by atoms with Gasteiger partial charge in [0.15, 0.2) is 0 Å². The summed E-state index contributed by atoms with van der Waals surface area (Å²) in [7, 11) is 0. The number of likely N-dealkylation sites (tertiary alicyclic amines) is 1. The second-order valence-electron chi connectivity index (χ2n) is 8.84. The molecule has 1 atom stereocenters. The molecule has 2 amide bonds. The number of aromatic nitrogens is 1. The summed E-state index contributed by atoms with van der Waals surface area (Å²) in [5.74, 6) is -0.114. The van der Waals surface area contributed by atoms with Crippen molar-refractivity contribution in [2.75, 3.05) is 13.1 Å². The first kappa shape index (κ1) is 21.8. The van der Waals surface area contributed by atoms with Crippen LogP contribution in [0.4, 0.5) is 0 Å². The van der Waals surface area contributed by atoms with Crippen LogP contribution in [0.25, 0.3) is 11.1 Å². The van der Waals surface area contributed by atoms with Crippen LogP contribution in [0.15, 0.2) is 79.0 Å². The Morgan fingerprint density at radius 1 is 1.00 bits per heavy atom. The van der Waals surface area contributed by atoms with Gasteiger partial charge in [-0.15, -0.1) is 0 Å². The Morgan fingerprint density at radius 2 is 1.75 bits per heavy atom. The zero-order chi connectivity index (χ0) is 22.6. The van der Waals surface area contributed by atoms with Crippen LogP contribution in [0.3, 0.4) is 0 Å². The van der Waals surface area contributed by atoms with Crippen LogP contribution in [0, 0.1) is 5.41 Å². The van der Waals surface area contributed by atoms with Crippen molar-refractivity contribution in [3.05, 3.63) is 90.3 Å². The van der Waals surface area contributed by atoms with Crippen molar-refractivity contribution in [1.82, 2.24) is 15.2 Å². The molecule has 0 spiro atoms. The highest BCUT2D eigenvalue weighted by atomic mass is 16.2. The summed E-state index contributed by atoms with van der Waals surface area (Å²) in [5, 5.41) is 3.10. The zero-order valence-electron chi connectivity index (χ0n) is 18.6. The van der Waals surface area contributed by atoms with E-state index in [1.807, 2.05) is 44.2 Å². The quantitative estimate of drug-likeness (QED) is 0.636. The van der Waals surface area contributed by atoms with Crippen molar-refractivity contribution < 1.29 is 9.59 Å². The maximum atomic E-state index is 13.4. The monoisotopic (exact) mass is 427 g/mol. The minimum absolute atomic E-state index is 0.00827. The van der Waals surface area contributed by atoms with Gasteiger partial charge in [-0.25, -0.2) is 0 Å². The lowest BCUT2D eigenvalue weighted by Gasteiger charge is -2.29. The Balaban J connectivity index is 1.61. The van der Waals surface area contributed by atoms with Crippen molar-refractivity contribution in [3.63, 3.8) is 0 Å². The molecule has 4 rings (SSSR count). The molecule has 1 aliphatic rings. The van der Waals surface area contributed by atoms with Crippen LogP contribution in [-0.4, -0.2) is 40.8 Å². The first-order valence-corrected chi connectivity index (χ1v) is 11.1. The smallest absolute Gasteiger partial charge is 0.272 e. The highest BCUT2D eigenvalue weighted by Gasteiger charge is 2.46. The molecule has 1 fully saturated rings. The zero-order valence-corrected chi connectivity index (χ0v) is 18.6. The van der Waals surface area contributed by atoms with E-state index in [1.165, 1.54) is 0 Å². The van der Waals surface area contributed by atoms with E-state index in [0.29, 0.717) is 31.6 Å². The van der Waals surface area contributed by atoms with Gasteiger partial charge in [0.2, 0.25) is 5.91 Å². The molecule has 32 heavy (non-hydrogen) atoms. The molecule has 0 radical (unpaired) electrons. The molecule has 5 heteroatoms. The number of nitrogens with zero attached hydrogens (tertiary/aromatic N) is 2. The van der Waals surface area contributed by atoms with Crippen LogP contribution < -0.4 is 5.32 Å². The summed E-state index contributed by atoms with van der Waals surface area (Å²) in [6, 6.07) is 23.9. The third kappa shape index (κ3) is 4.72. The van der Waals surface area contributed by atoms with Gasteiger partial charge in [-0.1, -0.05) is 60.7 Å². The molecule has 1 aliphatic heterocycles. The summed E-state index contributed by atoms with van der Waals surface area (Å²) >= 11 is 0. The molecule has 3 aromatic rings. The fourth-order valence-electron chi connectivity index (χ4n) is 4.40. The molecule has 0 aliphatic carbocycles. The predicted molar refractivity (Wildman–Crippen MR) is 126 cm³/mol. The van der Waals surface area contributed by atoms with Gasteiger partial charge < -0.3 is 10.2 Å². The lowest BCUT2D eigenvalue weighted by atomic mass is 9.79. The Morgan fingerprint density at radius 3 is 2.47 bits per heavy atom. The molecule has 0 unspecified atom stereocenters. The standard InChI is InChI=1S/C27H29N3O2/c1-20(2)29-26(32)27(14-16-30(19-27)25(31)24-13-6-7-15-28-24)18-21-9-8-12-23(17-21)22-10-4-3-5-11-22/h3-13,15,17,20H,14,16,18-19H2,1-2H3,(H,29,32)/t27-/m0/s1. The minimum atomic E-state index is -0.663. The number of hydrogen-bond acceptors (Lipinski definition) is 3. The van der Waals surface area contributed by atoms with Crippen LogP contribution in [0.5, 0.6) is 0 Å². The van der Waals surface area contributed by atoms with Crippen molar-refractivity contribution in [3.8, 4) is 11.1 Å². The molecule has 2 aromatic carbocycles. The molecular weight excluding hydrogens is 398 g/mol. The Bertz CT molecular complexity index is 1080. The van der Waals surface area contributed by atoms with Gasteiger partial charge in [0.1, 0.15) is 5.69 Å². The van der Waals surface area contributed by atoms with Gasteiger partial charge >= 0.3 is 0 Å². The number of amides is 2. The van der Waals surface area contributed by atoms with Crippen molar-refractivity contribution in [1.29, 1.82) is 0 Å². The maximum Gasteiger partial charge on any atom is 0.272 e. The van der Waals surface area contributed by atoms with Gasteiger partial charge in [0, 0.05) is 25.3 Å². The fourth-order valence-corrected chi connectivity index (χ4v) is 4.40. The number of pyridine rings is 1. The van der Waals surface area contributed by atoms with E-state index in [1.54, 1.807) is 23.2 Å². The first-order chi connectivity index (χ1) is 15.5. The summed E-state index contributed by atoms with van der Waals surface area (Å²) in [6.07, 6.45) is 2.83. The van der Waals surface area contributed by atoms with Crippen LogP contribution in [-0.2, 0) is 11.2 Å². The third-order valence-electron chi connectivity index (χ3n) is 6.00. The highest BCUT2D eigenvalue weighted by Crippen LogP contribution is 2.36. The first-order valence-electron chi connectivity index (χ1n) is 11.1. The van der Waals surface area contributed by atoms with Crippen molar-refractivity contribution in [2.24, 2.45) is 5.41 Å². The fraction of sp³-hybridized carbons (Fsp3) is 0.296. The normalized spacial score (nSPS) is 18.0. The topological polar surface area (TPSA) is 62.3 Å². The molecule has 1 N–H and O–H groups in total. The average Bonchev–Trinajstić information content (AvgIpc) is 3.25. The summed E-state index contributed by atoms with van der Waals surface area (Å²) in [6.45, 7) is 4.86. The number of hydrogen-bond donors (Lipinski definition) is 1. The molecule has 2 heterocycles. The minimum Gasteiger partial charge on any atom is -0.353 e. The molecule has 1 aromatic heterocycles. The summed E-state index contributed by atoms with van der Waals surface area (Å²) < 4.78 is 0. The second kappa shape index (κ2) is 9.35. The van der Waals surface area contributed by atoms with Crippen LogP contribution in [0.1, 0.15) is 36.3 Å². The van der Waals surface area contributed by atoms with E-state index >= 15 is 0 Å². The molecule has 5 nitrogen and oxygen atoms in total. The van der Waals surface area contributed by atoms with Crippen molar-refractivity contribution in [2.45, 2.75) is 32.7 Å². The largest absolute Gasteiger partial charge is 0.353 e. The maximum absolute atomic E-state index is 13.4. The third-order valence-corrected chi connectivity index (χ3v) is 6.00. The Hall–Kier alpha value is -3.47. The van der Waals surface area contributed by atoms with E-state index in [4.69, 9.17) is 0 Å². The second-order valence-corrected chi connectivity index (χ2v) is 8.84. The molecule has 164 valence electrons. The molecule has 0 bridgehead atoms. The lowest BCUT2D eigenvalue weighted by Crippen LogP contribution is -2.47. The number of carbonyl (C=O) groups excluding carboxylic acids is 2. The average molecular weight is 428 g/mol. The molecule has 1 saturated heterocycles. The molecule has 0 saturated carbocycles. The van der Waals surface area contributed by atoms with E-state index in [2.05, 4.69) is 40.6 Å². The van der Waals surface area contributed by atoms with Gasteiger partial charge in [0.05, 0.1) is 5.41 Å². The lowest BCUT2D eigenvalue weighted by molar-refractivity contribution is -0.130. The summed E-state index contributed by atoms with van der Waals surface area (Å²) in [5.41, 5.74) is 3.12. The molecular formula is C27H29N3O2. The van der Waals surface area contributed by atoms with E-state index < -0.39 is 5.41 Å². The number of rotatable bonds is 6. The van der Waals surface area contributed by atoms with Crippen molar-refractivity contribution >= 4 is 11.8 Å². The van der Waals surface area contributed by atoms with Gasteiger partial charge in [-0.2, -0.15) is 0 Å². The number of carbonyl (C=O) groups is 2. The van der Waals surface area contributed by atoms with E-state index in [-0.39, 0.29) is 17.9 Å². The highest BCUT2D eigenvalue weighted by molar-refractivity contribution is 5.94. The number of nitrogens with one attached hydrogen (secondary N) is 1. The van der Waals surface area contributed by atoms with Gasteiger partial charge in [-0.3, -0.25) is 14.6 Å². The van der Waals surface area contributed by atoms with Gasteiger partial charge in [-0.05, 0) is 55.5 Å². The Kier molecular flexibility index (Phi) is 6.35. The van der Waals surface area contributed by atoms with E-state index in [0.717, 1.165) is 16.7 Å². The van der Waals surface area contributed by atoms with E-state index in [9.17, 15) is 9.59 Å². The van der Waals surface area contributed by atoms with Crippen LogP contribution >= 0.6 is 0 Å².